The van der Waals surface area contributed by atoms with Gasteiger partial charge in [0.2, 0.25) is 11.7 Å². The number of aromatic nitrogens is 4. The highest BCUT2D eigenvalue weighted by molar-refractivity contribution is 8.00. The molecule has 8 heteroatoms. The highest BCUT2D eigenvalue weighted by Crippen LogP contribution is 2.32. The van der Waals surface area contributed by atoms with Gasteiger partial charge in [0.1, 0.15) is 0 Å². The van der Waals surface area contributed by atoms with Gasteiger partial charge in [0.05, 0.1) is 21.8 Å². The van der Waals surface area contributed by atoms with E-state index in [-0.39, 0.29) is 16.7 Å². The van der Waals surface area contributed by atoms with E-state index in [2.05, 4.69) is 16.3 Å². The Morgan fingerprint density at radius 1 is 0.972 bits per heavy atom. The van der Waals surface area contributed by atoms with Crippen molar-refractivity contribution in [2.75, 3.05) is 11.4 Å². The van der Waals surface area contributed by atoms with E-state index in [1.165, 1.54) is 17.3 Å². The Labute approximate surface area is 212 Å². The molecule has 1 unspecified atom stereocenters. The Balaban J connectivity index is 1.46. The minimum absolute atomic E-state index is 0.0358. The van der Waals surface area contributed by atoms with Crippen LogP contribution in [0.1, 0.15) is 23.6 Å². The van der Waals surface area contributed by atoms with Crippen LogP contribution in [0.2, 0.25) is 0 Å². The molecular weight excluding hydrogens is 470 g/mol. The van der Waals surface area contributed by atoms with Crippen LogP contribution in [0.15, 0.2) is 76.7 Å². The van der Waals surface area contributed by atoms with Crippen LogP contribution >= 0.6 is 11.8 Å². The Morgan fingerprint density at radius 3 is 2.58 bits per heavy atom. The molecule has 1 atom stereocenters. The summed E-state index contributed by atoms with van der Waals surface area (Å²) in [5.74, 6) is 0.466. The quantitative estimate of drug-likeness (QED) is 0.338. The number of fused-ring (bicyclic) bond motifs is 4. The molecule has 6 rings (SSSR count). The van der Waals surface area contributed by atoms with Crippen LogP contribution in [0.5, 0.6) is 0 Å². The summed E-state index contributed by atoms with van der Waals surface area (Å²) in [5.41, 5.74) is 5.61. The third-order valence-corrected chi connectivity index (χ3v) is 7.80. The minimum Gasteiger partial charge on any atom is -0.311 e. The van der Waals surface area contributed by atoms with Crippen molar-refractivity contribution < 1.29 is 4.79 Å². The maximum absolute atomic E-state index is 13.6. The molecule has 0 saturated heterocycles. The first-order chi connectivity index (χ1) is 17.4. The Morgan fingerprint density at radius 2 is 1.75 bits per heavy atom. The number of anilines is 1. The average molecular weight is 496 g/mol. The fourth-order valence-electron chi connectivity index (χ4n) is 5.02. The van der Waals surface area contributed by atoms with E-state index < -0.39 is 0 Å². The molecule has 0 N–H and O–H groups in total. The van der Waals surface area contributed by atoms with Crippen LogP contribution in [-0.4, -0.2) is 36.9 Å². The molecule has 36 heavy (non-hydrogen) atoms. The highest BCUT2D eigenvalue weighted by Gasteiger charge is 2.30. The van der Waals surface area contributed by atoms with Gasteiger partial charge in [-0.2, -0.15) is 0 Å². The molecule has 1 aliphatic rings. The Hall–Kier alpha value is -3.91. The molecule has 0 fully saturated rings. The topological polar surface area (TPSA) is 72.5 Å². The smallest absolute Gasteiger partial charge is 0.267 e. The number of nitrogens with zero attached hydrogens (tertiary/aromatic N) is 5. The van der Waals surface area contributed by atoms with Crippen LogP contribution in [-0.2, 0) is 11.2 Å². The van der Waals surface area contributed by atoms with Gasteiger partial charge in [0.15, 0.2) is 5.16 Å². The molecule has 0 spiro atoms. The van der Waals surface area contributed by atoms with Gasteiger partial charge in [-0.25, -0.2) is 4.57 Å². The summed E-state index contributed by atoms with van der Waals surface area (Å²) >= 11 is 1.36. The van der Waals surface area contributed by atoms with Crippen molar-refractivity contribution in [3.05, 3.63) is 93.8 Å². The molecule has 5 aromatic rings. The molecule has 3 heterocycles. The summed E-state index contributed by atoms with van der Waals surface area (Å²) < 4.78 is 3.51. The first-order valence-corrected chi connectivity index (χ1v) is 12.8. The van der Waals surface area contributed by atoms with Gasteiger partial charge >= 0.3 is 0 Å². The number of rotatable bonds is 4. The predicted molar refractivity (Wildman–Crippen MR) is 143 cm³/mol. The Kier molecular flexibility index (Phi) is 5.41. The number of carbonyl (C=O) groups excluding carboxylic acids is 1. The Bertz CT molecular complexity index is 1720. The lowest BCUT2D eigenvalue weighted by molar-refractivity contribution is -0.117. The number of para-hydroxylation sites is 2. The van der Waals surface area contributed by atoms with Gasteiger partial charge in [-0.05, 0) is 62.6 Å². The number of hydrogen-bond acceptors (Lipinski definition) is 5. The molecule has 1 aliphatic heterocycles. The average Bonchev–Trinajstić information content (AvgIpc) is 3.49. The summed E-state index contributed by atoms with van der Waals surface area (Å²) in [6, 6.07) is 21.5. The van der Waals surface area contributed by atoms with Gasteiger partial charge < -0.3 is 4.90 Å². The van der Waals surface area contributed by atoms with Gasteiger partial charge in [-0.3, -0.25) is 14.0 Å². The lowest BCUT2D eigenvalue weighted by atomic mass is 10.1. The summed E-state index contributed by atoms with van der Waals surface area (Å²) in [5, 5.41) is 9.66. The number of thioether (sulfide) groups is 1. The fourth-order valence-corrected chi connectivity index (χ4v) is 5.94. The van der Waals surface area contributed by atoms with Crippen molar-refractivity contribution in [2.24, 2.45) is 0 Å². The normalized spacial score (nSPS) is 13.9. The molecule has 0 saturated carbocycles. The van der Waals surface area contributed by atoms with E-state index in [0.717, 1.165) is 34.4 Å². The number of hydrogen-bond donors (Lipinski definition) is 0. The second kappa shape index (κ2) is 8.64. The van der Waals surface area contributed by atoms with Crippen molar-refractivity contribution in [2.45, 2.75) is 37.6 Å². The van der Waals surface area contributed by atoms with Crippen LogP contribution in [0.3, 0.4) is 0 Å². The molecule has 0 radical (unpaired) electrons. The van der Waals surface area contributed by atoms with Crippen molar-refractivity contribution in [1.29, 1.82) is 0 Å². The van der Waals surface area contributed by atoms with Gasteiger partial charge in [-0.15, -0.1) is 10.2 Å². The summed E-state index contributed by atoms with van der Waals surface area (Å²) in [7, 11) is 0. The SMILES string of the molecule is Cc1ccc(-n2c(=O)c3ccccc3n3c(SC(C)C(=O)N4CCc5ccccc54)nnc23)c(C)c1. The zero-order chi connectivity index (χ0) is 25.0. The number of aryl methyl sites for hydroxylation is 2. The molecule has 7 nitrogen and oxygen atoms in total. The third kappa shape index (κ3) is 3.52. The summed E-state index contributed by atoms with van der Waals surface area (Å²) in [4.78, 5) is 28.9. The largest absolute Gasteiger partial charge is 0.311 e. The van der Waals surface area contributed by atoms with E-state index >= 15 is 0 Å². The summed E-state index contributed by atoms with van der Waals surface area (Å²) in [6.45, 7) is 6.59. The van der Waals surface area contributed by atoms with E-state index in [1.54, 1.807) is 4.57 Å². The third-order valence-electron chi connectivity index (χ3n) is 6.77. The van der Waals surface area contributed by atoms with E-state index in [1.807, 2.05) is 90.7 Å². The minimum atomic E-state index is -0.385. The lowest BCUT2D eigenvalue weighted by Crippen LogP contribution is -2.35. The van der Waals surface area contributed by atoms with E-state index in [9.17, 15) is 9.59 Å². The molecule has 1 amide bonds. The molecule has 0 aliphatic carbocycles. The maximum atomic E-state index is 13.6. The molecular formula is C28H25N5O2S. The highest BCUT2D eigenvalue weighted by atomic mass is 32.2. The van der Waals surface area contributed by atoms with Crippen molar-refractivity contribution >= 4 is 40.0 Å². The number of carbonyl (C=O) groups is 1. The van der Waals surface area contributed by atoms with E-state index in [0.29, 0.717) is 22.9 Å². The van der Waals surface area contributed by atoms with Crippen LogP contribution in [0.4, 0.5) is 5.69 Å². The van der Waals surface area contributed by atoms with Gasteiger partial charge in [-0.1, -0.05) is 59.8 Å². The van der Waals surface area contributed by atoms with Gasteiger partial charge in [0.25, 0.3) is 5.56 Å². The number of benzene rings is 3. The molecule has 3 aromatic carbocycles. The van der Waals surface area contributed by atoms with Crippen molar-refractivity contribution in [3.8, 4) is 5.69 Å². The molecule has 180 valence electrons. The zero-order valence-electron chi connectivity index (χ0n) is 20.3. The van der Waals surface area contributed by atoms with Crippen molar-refractivity contribution in [3.63, 3.8) is 0 Å². The summed E-state index contributed by atoms with van der Waals surface area (Å²) in [6.07, 6.45) is 0.861. The second-order valence-corrected chi connectivity index (χ2v) is 10.5. The molecule has 0 bridgehead atoms. The molecule has 2 aromatic heterocycles. The van der Waals surface area contributed by atoms with Gasteiger partial charge in [0, 0.05) is 12.2 Å². The fraction of sp³-hybridized carbons (Fsp3) is 0.214. The number of amides is 1. The first-order valence-electron chi connectivity index (χ1n) is 12.0. The predicted octanol–water partition coefficient (Wildman–Crippen LogP) is 4.72. The second-order valence-electron chi connectivity index (χ2n) is 9.19. The van der Waals surface area contributed by atoms with E-state index in [4.69, 9.17) is 0 Å². The maximum Gasteiger partial charge on any atom is 0.267 e. The monoisotopic (exact) mass is 495 g/mol. The standard InChI is InChI=1S/C28H25N5O2S/c1-17-12-13-22(18(2)16-17)32-26(35)21-9-5-7-11-24(21)33-27(32)29-30-28(33)36-19(3)25(34)31-15-14-20-8-4-6-10-23(20)31/h4-13,16,19H,14-15H2,1-3H3. The van der Waals surface area contributed by atoms with Crippen LogP contribution in [0.25, 0.3) is 22.4 Å². The van der Waals surface area contributed by atoms with Crippen LogP contribution in [0, 0.1) is 13.8 Å². The zero-order valence-corrected chi connectivity index (χ0v) is 21.1. The van der Waals surface area contributed by atoms with Crippen molar-refractivity contribution in [1.82, 2.24) is 19.2 Å². The lowest BCUT2D eigenvalue weighted by Gasteiger charge is -2.21. The first kappa shape index (κ1) is 22.5. The van der Waals surface area contributed by atoms with Crippen LogP contribution < -0.4 is 10.5 Å².